The van der Waals surface area contributed by atoms with E-state index in [0.29, 0.717) is 6.61 Å². The van der Waals surface area contributed by atoms with Crippen molar-refractivity contribution in [2.75, 3.05) is 6.61 Å². The van der Waals surface area contributed by atoms with E-state index in [1.807, 2.05) is 31.2 Å². The number of hydrogen-bond acceptors (Lipinski definition) is 4. The molecule has 0 aliphatic carbocycles. The van der Waals surface area contributed by atoms with Crippen molar-refractivity contribution in [2.24, 2.45) is 0 Å². The summed E-state index contributed by atoms with van der Waals surface area (Å²) in [7, 11) is 0. The molecule has 0 bridgehead atoms. The van der Waals surface area contributed by atoms with Crippen LogP contribution in [0.15, 0.2) is 29.6 Å². The minimum absolute atomic E-state index is 0.129. The molecule has 0 saturated carbocycles. The topological polar surface area (TPSA) is 59.4 Å². The van der Waals surface area contributed by atoms with E-state index in [9.17, 15) is 4.79 Å². The summed E-state index contributed by atoms with van der Waals surface area (Å²) in [4.78, 5) is 15.1. The SMILES string of the molecule is Cc1ccccc1OCCCC(C)(C)c1nc(C(=O)O)cs1. The lowest BCUT2D eigenvalue weighted by molar-refractivity contribution is 0.0691. The van der Waals surface area contributed by atoms with Gasteiger partial charge in [-0.15, -0.1) is 11.3 Å². The normalized spacial score (nSPS) is 11.4. The molecule has 0 unspecified atom stereocenters. The number of para-hydroxylation sites is 1. The summed E-state index contributed by atoms with van der Waals surface area (Å²) in [5, 5.41) is 11.4. The van der Waals surface area contributed by atoms with E-state index in [1.165, 1.54) is 11.3 Å². The summed E-state index contributed by atoms with van der Waals surface area (Å²) in [5.41, 5.74) is 1.12. The van der Waals surface area contributed by atoms with Crippen molar-refractivity contribution >= 4 is 17.3 Å². The first kappa shape index (κ1) is 16.5. The van der Waals surface area contributed by atoms with Crippen LogP contribution in [0.2, 0.25) is 0 Å². The second kappa shape index (κ2) is 6.92. The Morgan fingerprint density at radius 1 is 1.36 bits per heavy atom. The minimum atomic E-state index is -0.971. The summed E-state index contributed by atoms with van der Waals surface area (Å²) in [5.74, 6) is -0.0519. The predicted molar refractivity (Wildman–Crippen MR) is 88.0 cm³/mol. The van der Waals surface area contributed by atoms with Crippen molar-refractivity contribution < 1.29 is 14.6 Å². The molecular weight excluding hydrogens is 298 g/mol. The molecule has 1 aromatic heterocycles. The van der Waals surface area contributed by atoms with E-state index in [-0.39, 0.29) is 11.1 Å². The fraction of sp³-hybridized carbons (Fsp3) is 0.412. The third-order valence-electron chi connectivity index (χ3n) is 3.60. The lowest BCUT2D eigenvalue weighted by atomic mass is 9.89. The first-order chi connectivity index (χ1) is 10.4. The van der Waals surface area contributed by atoms with Gasteiger partial charge in [-0.25, -0.2) is 9.78 Å². The van der Waals surface area contributed by atoms with Gasteiger partial charge in [0.1, 0.15) is 5.75 Å². The molecule has 1 N–H and O–H groups in total. The van der Waals surface area contributed by atoms with Crippen LogP contribution < -0.4 is 4.74 Å². The van der Waals surface area contributed by atoms with Crippen molar-refractivity contribution in [3.8, 4) is 5.75 Å². The number of aromatic carboxylic acids is 1. The zero-order valence-corrected chi connectivity index (χ0v) is 13.9. The fourth-order valence-electron chi connectivity index (χ4n) is 2.20. The molecule has 0 saturated heterocycles. The molecular formula is C17H21NO3S. The van der Waals surface area contributed by atoms with E-state index in [0.717, 1.165) is 29.2 Å². The Morgan fingerprint density at radius 2 is 2.09 bits per heavy atom. The van der Waals surface area contributed by atoms with E-state index in [1.54, 1.807) is 5.38 Å². The van der Waals surface area contributed by atoms with E-state index >= 15 is 0 Å². The summed E-state index contributed by atoms with van der Waals surface area (Å²) >= 11 is 1.41. The maximum Gasteiger partial charge on any atom is 0.355 e. The Kier molecular flexibility index (Phi) is 5.19. The third kappa shape index (κ3) is 4.07. The quantitative estimate of drug-likeness (QED) is 0.774. The predicted octanol–water partition coefficient (Wildman–Crippen LogP) is 4.29. The van der Waals surface area contributed by atoms with Gasteiger partial charge in [-0.2, -0.15) is 0 Å². The van der Waals surface area contributed by atoms with E-state index in [4.69, 9.17) is 9.84 Å². The highest BCUT2D eigenvalue weighted by Gasteiger charge is 2.25. The third-order valence-corrected chi connectivity index (χ3v) is 4.81. The number of hydrogen-bond donors (Lipinski definition) is 1. The maximum atomic E-state index is 10.9. The molecule has 5 heteroatoms. The highest BCUT2D eigenvalue weighted by atomic mass is 32.1. The molecule has 0 fully saturated rings. The zero-order valence-electron chi connectivity index (χ0n) is 13.1. The Hall–Kier alpha value is -1.88. The van der Waals surface area contributed by atoms with Crippen LogP contribution in [0.25, 0.3) is 0 Å². The molecule has 4 nitrogen and oxygen atoms in total. The average Bonchev–Trinajstić information content (AvgIpc) is 2.96. The number of benzene rings is 1. The molecule has 2 aromatic rings. The highest BCUT2D eigenvalue weighted by molar-refractivity contribution is 7.10. The second-order valence-corrected chi connectivity index (χ2v) is 6.80. The number of aromatic nitrogens is 1. The maximum absolute atomic E-state index is 10.9. The minimum Gasteiger partial charge on any atom is -0.493 e. The molecule has 0 amide bonds. The van der Waals surface area contributed by atoms with Gasteiger partial charge in [-0.05, 0) is 31.4 Å². The van der Waals surface area contributed by atoms with E-state index in [2.05, 4.69) is 18.8 Å². The Bertz CT molecular complexity index is 649. The van der Waals surface area contributed by atoms with Gasteiger partial charge in [0.2, 0.25) is 0 Å². The van der Waals surface area contributed by atoms with Gasteiger partial charge >= 0.3 is 5.97 Å². The molecule has 2 rings (SSSR count). The summed E-state index contributed by atoms with van der Waals surface area (Å²) in [6.07, 6.45) is 1.79. The van der Waals surface area contributed by atoms with Crippen LogP contribution in [0.4, 0.5) is 0 Å². The van der Waals surface area contributed by atoms with Gasteiger partial charge in [-0.3, -0.25) is 0 Å². The zero-order chi connectivity index (χ0) is 16.2. The number of thiazole rings is 1. The number of ether oxygens (including phenoxy) is 1. The Morgan fingerprint density at radius 3 is 2.73 bits per heavy atom. The average molecular weight is 319 g/mol. The van der Waals surface area contributed by atoms with Gasteiger partial charge < -0.3 is 9.84 Å². The number of carbonyl (C=O) groups is 1. The fourth-order valence-corrected chi connectivity index (χ4v) is 3.15. The number of aryl methyl sites for hydroxylation is 1. The van der Waals surface area contributed by atoms with Crippen LogP contribution in [0, 0.1) is 6.92 Å². The monoisotopic (exact) mass is 319 g/mol. The smallest absolute Gasteiger partial charge is 0.355 e. The summed E-state index contributed by atoms with van der Waals surface area (Å²) in [6.45, 7) is 6.85. The van der Waals surface area contributed by atoms with Crippen LogP contribution in [-0.2, 0) is 5.41 Å². The molecule has 118 valence electrons. The molecule has 0 radical (unpaired) electrons. The summed E-state index contributed by atoms with van der Waals surface area (Å²) < 4.78 is 5.80. The molecule has 0 aliphatic heterocycles. The van der Waals surface area contributed by atoms with Crippen LogP contribution in [0.3, 0.4) is 0 Å². The Labute approximate surface area is 134 Å². The van der Waals surface area contributed by atoms with Crippen molar-refractivity contribution in [1.82, 2.24) is 4.98 Å². The highest BCUT2D eigenvalue weighted by Crippen LogP contribution is 2.31. The van der Waals surface area contributed by atoms with Crippen LogP contribution in [0.5, 0.6) is 5.75 Å². The van der Waals surface area contributed by atoms with Gasteiger partial charge in [0, 0.05) is 10.8 Å². The van der Waals surface area contributed by atoms with Gasteiger partial charge in [0.05, 0.1) is 11.6 Å². The van der Waals surface area contributed by atoms with Crippen molar-refractivity contribution in [1.29, 1.82) is 0 Å². The first-order valence-electron chi connectivity index (χ1n) is 7.28. The summed E-state index contributed by atoms with van der Waals surface area (Å²) in [6, 6.07) is 7.96. The van der Waals surface area contributed by atoms with Crippen molar-refractivity contribution in [3.05, 3.63) is 45.9 Å². The number of rotatable bonds is 7. The molecule has 0 aliphatic rings. The van der Waals surface area contributed by atoms with Crippen LogP contribution >= 0.6 is 11.3 Å². The number of nitrogens with zero attached hydrogens (tertiary/aromatic N) is 1. The van der Waals surface area contributed by atoms with Crippen molar-refractivity contribution in [2.45, 2.75) is 39.0 Å². The second-order valence-electron chi connectivity index (χ2n) is 5.94. The molecule has 22 heavy (non-hydrogen) atoms. The lowest BCUT2D eigenvalue weighted by Gasteiger charge is -2.21. The molecule has 1 aromatic carbocycles. The molecule has 1 heterocycles. The van der Waals surface area contributed by atoms with Crippen LogP contribution in [-0.4, -0.2) is 22.7 Å². The Balaban J connectivity index is 1.87. The van der Waals surface area contributed by atoms with Crippen LogP contribution in [0.1, 0.15) is 47.7 Å². The largest absolute Gasteiger partial charge is 0.493 e. The van der Waals surface area contributed by atoms with Crippen molar-refractivity contribution in [3.63, 3.8) is 0 Å². The van der Waals surface area contributed by atoms with E-state index < -0.39 is 5.97 Å². The molecule has 0 atom stereocenters. The molecule has 0 spiro atoms. The first-order valence-corrected chi connectivity index (χ1v) is 8.16. The standard InChI is InChI=1S/C17H21NO3S/c1-12-7-4-5-8-14(12)21-10-6-9-17(2,3)16-18-13(11-22-16)15(19)20/h4-5,7-8,11H,6,9-10H2,1-3H3,(H,19,20). The number of carboxylic acid groups (broad SMARTS) is 1. The lowest BCUT2D eigenvalue weighted by Crippen LogP contribution is -2.18. The van der Waals surface area contributed by atoms with Gasteiger partial charge in [0.15, 0.2) is 5.69 Å². The van der Waals surface area contributed by atoms with Gasteiger partial charge in [-0.1, -0.05) is 32.0 Å². The van der Waals surface area contributed by atoms with Gasteiger partial charge in [0.25, 0.3) is 0 Å². The number of carboxylic acids is 1.